The molecule has 2 aliphatic rings. The topological polar surface area (TPSA) is 83.5 Å². The van der Waals surface area contributed by atoms with Crippen LogP contribution in [0.4, 0.5) is 0 Å². The Morgan fingerprint density at radius 3 is 2.67 bits per heavy atom. The first-order valence-electron chi connectivity index (χ1n) is 5.83. The molecule has 104 valence electrons. The molecule has 2 fully saturated rings. The molecule has 0 amide bonds. The van der Waals surface area contributed by atoms with Gasteiger partial charge in [0.05, 0.1) is 6.61 Å². The van der Waals surface area contributed by atoms with Crippen molar-refractivity contribution in [3.63, 3.8) is 0 Å². The Morgan fingerprint density at radius 2 is 2.06 bits per heavy atom. The van der Waals surface area contributed by atoms with Crippen molar-refractivity contribution in [2.75, 3.05) is 13.7 Å². The Hall–Kier alpha value is -0.730. The van der Waals surface area contributed by atoms with Gasteiger partial charge in [0.25, 0.3) is 0 Å². The Kier molecular flexibility index (Phi) is 4.18. The van der Waals surface area contributed by atoms with Crippen molar-refractivity contribution >= 4 is 5.97 Å². The van der Waals surface area contributed by atoms with Gasteiger partial charge >= 0.3 is 5.97 Å². The fourth-order valence-corrected chi connectivity index (χ4v) is 2.26. The molecule has 0 aliphatic carbocycles. The highest BCUT2D eigenvalue weighted by atomic mass is 16.7. The molecule has 7 heteroatoms. The van der Waals surface area contributed by atoms with E-state index < -0.39 is 43.0 Å². The van der Waals surface area contributed by atoms with Crippen molar-refractivity contribution < 1.29 is 33.6 Å². The van der Waals surface area contributed by atoms with E-state index in [2.05, 4.69) is 0 Å². The standard InChI is InChI=1S/C11H18O7/c1-5(12)16-9-8-7(4-15-6(2)17-8)18-11(13)10(9)14-3/h6-11,13H,4H2,1-3H3/t6?,7-,8-,9-,10+,11?/m1/s1. The van der Waals surface area contributed by atoms with Gasteiger partial charge in [-0.1, -0.05) is 0 Å². The summed E-state index contributed by atoms with van der Waals surface area (Å²) in [5.41, 5.74) is 0. The van der Waals surface area contributed by atoms with E-state index in [4.69, 9.17) is 23.7 Å². The van der Waals surface area contributed by atoms with Gasteiger partial charge in [-0.05, 0) is 6.92 Å². The lowest BCUT2D eigenvalue weighted by molar-refractivity contribution is -0.352. The minimum absolute atomic E-state index is 0.275. The molecule has 0 spiro atoms. The van der Waals surface area contributed by atoms with Gasteiger partial charge in [0.1, 0.15) is 18.3 Å². The van der Waals surface area contributed by atoms with Crippen LogP contribution in [0.5, 0.6) is 0 Å². The maximum Gasteiger partial charge on any atom is 0.303 e. The van der Waals surface area contributed by atoms with Crippen molar-refractivity contribution in [2.24, 2.45) is 0 Å². The normalized spacial score (nSPS) is 44.2. The number of aliphatic hydroxyl groups is 1. The number of hydrogen-bond acceptors (Lipinski definition) is 7. The third-order valence-corrected chi connectivity index (χ3v) is 3.03. The first kappa shape index (κ1) is 13.7. The molecule has 6 atom stereocenters. The second kappa shape index (κ2) is 5.50. The molecule has 18 heavy (non-hydrogen) atoms. The lowest BCUT2D eigenvalue weighted by atomic mass is 9.98. The van der Waals surface area contributed by atoms with E-state index in [9.17, 15) is 9.90 Å². The lowest BCUT2D eigenvalue weighted by Gasteiger charge is -2.46. The molecule has 2 rings (SSSR count). The van der Waals surface area contributed by atoms with E-state index >= 15 is 0 Å². The van der Waals surface area contributed by atoms with E-state index in [0.29, 0.717) is 0 Å². The molecule has 7 nitrogen and oxygen atoms in total. The minimum atomic E-state index is -1.18. The van der Waals surface area contributed by atoms with E-state index in [0.717, 1.165) is 0 Å². The summed E-state index contributed by atoms with van der Waals surface area (Å²) in [5, 5.41) is 9.81. The quantitative estimate of drug-likeness (QED) is 0.666. The molecule has 0 bridgehead atoms. The van der Waals surface area contributed by atoms with Gasteiger partial charge in [-0.2, -0.15) is 0 Å². The number of carbonyl (C=O) groups excluding carboxylic acids is 1. The van der Waals surface area contributed by atoms with Gasteiger partial charge in [-0.25, -0.2) is 0 Å². The fraction of sp³-hybridized carbons (Fsp3) is 0.909. The molecule has 2 heterocycles. The molecule has 1 N–H and O–H groups in total. The van der Waals surface area contributed by atoms with Crippen LogP contribution in [0.3, 0.4) is 0 Å². The highest BCUT2D eigenvalue weighted by molar-refractivity contribution is 5.66. The molecule has 0 saturated carbocycles. The van der Waals surface area contributed by atoms with Crippen molar-refractivity contribution in [3.8, 4) is 0 Å². The second-order valence-corrected chi connectivity index (χ2v) is 4.34. The lowest BCUT2D eigenvalue weighted by Crippen LogP contribution is -2.63. The highest BCUT2D eigenvalue weighted by Gasteiger charge is 2.50. The predicted molar refractivity (Wildman–Crippen MR) is 57.5 cm³/mol. The largest absolute Gasteiger partial charge is 0.457 e. The van der Waals surface area contributed by atoms with Crippen LogP contribution in [0.1, 0.15) is 13.8 Å². The van der Waals surface area contributed by atoms with E-state index in [-0.39, 0.29) is 6.61 Å². The average molecular weight is 262 g/mol. The van der Waals surface area contributed by atoms with Crippen molar-refractivity contribution in [3.05, 3.63) is 0 Å². The van der Waals surface area contributed by atoms with E-state index in [1.54, 1.807) is 6.92 Å². The predicted octanol–water partition coefficient (Wildman–Crippen LogP) is -0.588. The molecule has 2 unspecified atom stereocenters. The van der Waals surface area contributed by atoms with Crippen LogP contribution in [0.25, 0.3) is 0 Å². The Labute approximate surface area is 105 Å². The molecular weight excluding hydrogens is 244 g/mol. The van der Waals surface area contributed by atoms with Crippen molar-refractivity contribution in [1.82, 2.24) is 0 Å². The minimum Gasteiger partial charge on any atom is -0.457 e. The van der Waals surface area contributed by atoms with Crippen LogP contribution in [0.15, 0.2) is 0 Å². The summed E-state index contributed by atoms with van der Waals surface area (Å²) in [6.07, 6.45) is -4.08. The summed E-state index contributed by atoms with van der Waals surface area (Å²) in [6.45, 7) is 3.32. The summed E-state index contributed by atoms with van der Waals surface area (Å²) < 4.78 is 26.5. The first-order chi connectivity index (χ1) is 8.52. The van der Waals surface area contributed by atoms with Crippen LogP contribution in [0, 0.1) is 0 Å². The third-order valence-electron chi connectivity index (χ3n) is 3.03. The molecule has 0 aromatic heterocycles. The van der Waals surface area contributed by atoms with Gasteiger partial charge in [0.2, 0.25) is 0 Å². The molecule has 0 radical (unpaired) electrons. The first-order valence-corrected chi connectivity index (χ1v) is 5.83. The monoisotopic (exact) mass is 262 g/mol. The van der Waals surface area contributed by atoms with Crippen LogP contribution >= 0.6 is 0 Å². The highest BCUT2D eigenvalue weighted by Crippen LogP contribution is 2.30. The van der Waals surface area contributed by atoms with Crippen LogP contribution in [0.2, 0.25) is 0 Å². The average Bonchev–Trinajstić information content (AvgIpc) is 2.30. The Bertz CT molecular complexity index is 308. The smallest absolute Gasteiger partial charge is 0.303 e. The van der Waals surface area contributed by atoms with Crippen molar-refractivity contribution in [1.29, 1.82) is 0 Å². The number of methoxy groups -OCH3 is 1. The summed E-state index contributed by atoms with van der Waals surface area (Å²) in [5.74, 6) is -0.461. The zero-order valence-electron chi connectivity index (χ0n) is 10.6. The summed E-state index contributed by atoms with van der Waals surface area (Å²) in [7, 11) is 1.41. The number of aliphatic hydroxyl groups excluding tert-OH is 1. The number of fused-ring (bicyclic) bond motifs is 1. The number of esters is 1. The van der Waals surface area contributed by atoms with Gasteiger partial charge in [-0.3, -0.25) is 4.79 Å². The Morgan fingerprint density at radius 1 is 1.33 bits per heavy atom. The Balaban J connectivity index is 2.17. The maximum atomic E-state index is 11.1. The summed E-state index contributed by atoms with van der Waals surface area (Å²) >= 11 is 0. The van der Waals surface area contributed by atoms with Crippen LogP contribution in [-0.2, 0) is 28.5 Å². The summed E-state index contributed by atoms with van der Waals surface area (Å²) in [4.78, 5) is 11.1. The van der Waals surface area contributed by atoms with Crippen LogP contribution in [-0.4, -0.2) is 61.8 Å². The SMILES string of the molecule is CO[C@@H]1C(O)O[C@@H]2COC(C)O[C@H]2[C@H]1OC(C)=O. The molecule has 0 aromatic carbocycles. The fourth-order valence-electron chi connectivity index (χ4n) is 2.26. The van der Waals surface area contributed by atoms with E-state index in [1.165, 1.54) is 14.0 Å². The number of carbonyl (C=O) groups is 1. The zero-order chi connectivity index (χ0) is 13.3. The molecule has 2 saturated heterocycles. The van der Waals surface area contributed by atoms with Gasteiger partial charge < -0.3 is 28.8 Å². The molecule has 0 aromatic rings. The van der Waals surface area contributed by atoms with E-state index in [1.807, 2.05) is 0 Å². The zero-order valence-corrected chi connectivity index (χ0v) is 10.6. The van der Waals surface area contributed by atoms with Gasteiger partial charge in [-0.15, -0.1) is 0 Å². The number of ether oxygens (including phenoxy) is 5. The van der Waals surface area contributed by atoms with Gasteiger partial charge in [0, 0.05) is 14.0 Å². The second-order valence-electron chi connectivity index (χ2n) is 4.34. The maximum absolute atomic E-state index is 11.1. The summed E-state index contributed by atoms with van der Waals surface area (Å²) in [6, 6.07) is 0. The van der Waals surface area contributed by atoms with Crippen LogP contribution < -0.4 is 0 Å². The number of hydrogen-bond donors (Lipinski definition) is 1. The van der Waals surface area contributed by atoms with Gasteiger partial charge in [0.15, 0.2) is 18.7 Å². The molecule has 2 aliphatic heterocycles. The van der Waals surface area contributed by atoms with Crippen molar-refractivity contribution in [2.45, 2.75) is 50.8 Å². The molecular formula is C11H18O7. The number of rotatable bonds is 2. The third kappa shape index (κ3) is 2.65.